The van der Waals surface area contributed by atoms with Crippen LogP contribution in [0.25, 0.3) is 0 Å². The summed E-state index contributed by atoms with van der Waals surface area (Å²) in [5.74, 6) is -0.246. The van der Waals surface area contributed by atoms with Crippen LogP contribution in [0.15, 0.2) is 24.5 Å². The Bertz CT molecular complexity index is 287. The van der Waals surface area contributed by atoms with Gasteiger partial charge in [0.25, 0.3) is 0 Å². The normalized spacial score (nSPS) is 11.9. The van der Waals surface area contributed by atoms with Gasteiger partial charge < -0.3 is 10.1 Å². The number of hydrogen-bond acceptors (Lipinski definition) is 4. The van der Waals surface area contributed by atoms with Crippen LogP contribution in [0.5, 0.6) is 0 Å². The van der Waals surface area contributed by atoms with Gasteiger partial charge in [-0.2, -0.15) is 0 Å². The SMILES string of the molecule is CCOC(=O)[C@H](C)Nc1ccncc1. The number of nitrogens with zero attached hydrogens (tertiary/aromatic N) is 1. The number of pyridine rings is 1. The maximum atomic E-state index is 11.2. The van der Waals surface area contributed by atoms with E-state index in [1.54, 1.807) is 38.4 Å². The van der Waals surface area contributed by atoms with Gasteiger partial charge in [-0.15, -0.1) is 0 Å². The van der Waals surface area contributed by atoms with E-state index in [0.29, 0.717) is 6.61 Å². The van der Waals surface area contributed by atoms with Crippen LogP contribution in [0.2, 0.25) is 0 Å². The number of nitrogens with one attached hydrogen (secondary N) is 1. The van der Waals surface area contributed by atoms with E-state index in [1.165, 1.54) is 0 Å². The van der Waals surface area contributed by atoms with Crippen LogP contribution in [-0.4, -0.2) is 23.6 Å². The zero-order valence-corrected chi connectivity index (χ0v) is 8.36. The minimum atomic E-state index is -0.336. The van der Waals surface area contributed by atoms with E-state index >= 15 is 0 Å². The zero-order chi connectivity index (χ0) is 10.4. The lowest BCUT2D eigenvalue weighted by Crippen LogP contribution is -2.28. The molecular formula is C10H14N2O2. The predicted molar refractivity (Wildman–Crippen MR) is 54.0 cm³/mol. The van der Waals surface area contributed by atoms with Crippen molar-refractivity contribution in [2.45, 2.75) is 19.9 Å². The molecule has 1 atom stereocenters. The topological polar surface area (TPSA) is 51.2 Å². The number of hydrogen-bond donors (Lipinski definition) is 1. The summed E-state index contributed by atoms with van der Waals surface area (Å²) in [5.41, 5.74) is 0.862. The fourth-order valence-corrected chi connectivity index (χ4v) is 1.02. The van der Waals surface area contributed by atoms with Gasteiger partial charge in [-0.05, 0) is 26.0 Å². The lowest BCUT2D eigenvalue weighted by molar-refractivity contribution is -0.143. The Labute approximate surface area is 83.3 Å². The summed E-state index contributed by atoms with van der Waals surface area (Å²) in [7, 11) is 0. The molecule has 1 aromatic rings. The molecule has 14 heavy (non-hydrogen) atoms. The third-order valence-corrected chi connectivity index (χ3v) is 1.70. The Kier molecular flexibility index (Phi) is 3.91. The summed E-state index contributed by atoms with van der Waals surface area (Å²) >= 11 is 0. The third kappa shape index (κ3) is 3.05. The van der Waals surface area contributed by atoms with Crippen molar-refractivity contribution in [1.29, 1.82) is 0 Å². The van der Waals surface area contributed by atoms with Gasteiger partial charge >= 0.3 is 5.97 Å². The molecule has 0 saturated carbocycles. The molecule has 0 bridgehead atoms. The predicted octanol–water partition coefficient (Wildman–Crippen LogP) is 1.45. The Balaban J connectivity index is 2.49. The van der Waals surface area contributed by atoms with Gasteiger partial charge in [-0.1, -0.05) is 0 Å². The van der Waals surface area contributed by atoms with Gasteiger partial charge in [-0.25, -0.2) is 4.79 Å². The van der Waals surface area contributed by atoms with E-state index < -0.39 is 0 Å². The highest BCUT2D eigenvalue weighted by atomic mass is 16.5. The van der Waals surface area contributed by atoms with E-state index in [4.69, 9.17) is 4.74 Å². The molecule has 0 unspecified atom stereocenters. The molecule has 0 amide bonds. The highest BCUT2D eigenvalue weighted by Gasteiger charge is 2.12. The summed E-state index contributed by atoms with van der Waals surface area (Å²) in [6.07, 6.45) is 3.33. The lowest BCUT2D eigenvalue weighted by atomic mass is 10.3. The van der Waals surface area contributed by atoms with Crippen molar-refractivity contribution in [2.75, 3.05) is 11.9 Å². The van der Waals surface area contributed by atoms with E-state index in [9.17, 15) is 4.79 Å². The van der Waals surface area contributed by atoms with Crippen LogP contribution in [0, 0.1) is 0 Å². The van der Waals surface area contributed by atoms with Crippen LogP contribution in [0.1, 0.15) is 13.8 Å². The van der Waals surface area contributed by atoms with Crippen LogP contribution < -0.4 is 5.32 Å². The summed E-state index contributed by atoms with van der Waals surface area (Å²) in [6.45, 7) is 3.96. The maximum Gasteiger partial charge on any atom is 0.328 e. The molecule has 76 valence electrons. The molecular weight excluding hydrogens is 180 g/mol. The average molecular weight is 194 g/mol. The van der Waals surface area contributed by atoms with Gasteiger partial charge in [0.15, 0.2) is 0 Å². The van der Waals surface area contributed by atoms with Gasteiger partial charge in [0.1, 0.15) is 6.04 Å². The van der Waals surface area contributed by atoms with Crippen molar-refractivity contribution in [1.82, 2.24) is 4.98 Å². The number of aromatic nitrogens is 1. The van der Waals surface area contributed by atoms with Gasteiger partial charge in [0, 0.05) is 18.1 Å². The Morgan fingerprint density at radius 3 is 2.79 bits per heavy atom. The number of rotatable bonds is 4. The largest absolute Gasteiger partial charge is 0.464 e. The summed E-state index contributed by atoms with van der Waals surface area (Å²) in [5, 5.41) is 3.01. The molecule has 4 nitrogen and oxygen atoms in total. The molecule has 0 spiro atoms. The first-order valence-electron chi connectivity index (χ1n) is 4.57. The minimum Gasteiger partial charge on any atom is -0.464 e. The zero-order valence-electron chi connectivity index (χ0n) is 8.36. The number of carbonyl (C=O) groups excluding carboxylic acids is 1. The van der Waals surface area contributed by atoms with Crippen molar-refractivity contribution in [2.24, 2.45) is 0 Å². The smallest absolute Gasteiger partial charge is 0.328 e. The molecule has 1 N–H and O–H groups in total. The highest BCUT2D eigenvalue weighted by molar-refractivity contribution is 5.78. The van der Waals surface area contributed by atoms with Crippen molar-refractivity contribution in [3.05, 3.63) is 24.5 Å². The molecule has 4 heteroatoms. The van der Waals surface area contributed by atoms with Crippen molar-refractivity contribution in [3.8, 4) is 0 Å². The Morgan fingerprint density at radius 1 is 1.57 bits per heavy atom. The molecule has 0 radical (unpaired) electrons. The summed E-state index contributed by atoms with van der Waals surface area (Å²) in [4.78, 5) is 15.1. The molecule has 0 aromatic carbocycles. The first kappa shape index (κ1) is 10.5. The third-order valence-electron chi connectivity index (χ3n) is 1.70. The van der Waals surface area contributed by atoms with Gasteiger partial charge in [-0.3, -0.25) is 4.98 Å². The second kappa shape index (κ2) is 5.21. The van der Waals surface area contributed by atoms with E-state index in [2.05, 4.69) is 10.3 Å². The van der Waals surface area contributed by atoms with Crippen LogP contribution >= 0.6 is 0 Å². The molecule has 1 heterocycles. The summed E-state index contributed by atoms with van der Waals surface area (Å²) < 4.78 is 4.86. The second-order valence-corrected chi connectivity index (χ2v) is 2.85. The van der Waals surface area contributed by atoms with Crippen molar-refractivity contribution in [3.63, 3.8) is 0 Å². The fraction of sp³-hybridized carbons (Fsp3) is 0.400. The van der Waals surface area contributed by atoms with Crippen LogP contribution in [0.4, 0.5) is 5.69 Å². The Morgan fingerprint density at radius 2 is 2.21 bits per heavy atom. The molecule has 1 aromatic heterocycles. The molecule has 0 saturated heterocycles. The molecule has 0 aliphatic carbocycles. The van der Waals surface area contributed by atoms with Crippen LogP contribution in [-0.2, 0) is 9.53 Å². The second-order valence-electron chi connectivity index (χ2n) is 2.85. The number of carbonyl (C=O) groups is 1. The molecule has 0 fully saturated rings. The summed E-state index contributed by atoms with van der Waals surface area (Å²) in [6, 6.07) is 3.27. The standard InChI is InChI=1S/C10H14N2O2/c1-3-14-10(13)8(2)12-9-4-6-11-7-5-9/h4-8H,3H2,1-2H3,(H,11,12)/t8-/m0/s1. The maximum absolute atomic E-state index is 11.2. The van der Waals surface area contributed by atoms with E-state index in [0.717, 1.165) is 5.69 Å². The Hall–Kier alpha value is -1.58. The molecule has 0 aliphatic rings. The van der Waals surface area contributed by atoms with Gasteiger partial charge in [0.2, 0.25) is 0 Å². The van der Waals surface area contributed by atoms with Crippen LogP contribution in [0.3, 0.4) is 0 Å². The first-order valence-corrected chi connectivity index (χ1v) is 4.57. The van der Waals surface area contributed by atoms with E-state index in [1.807, 2.05) is 0 Å². The molecule has 1 rings (SSSR count). The number of anilines is 1. The average Bonchev–Trinajstić information content (AvgIpc) is 2.19. The van der Waals surface area contributed by atoms with Gasteiger partial charge in [0.05, 0.1) is 6.61 Å². The number of esters is 1. The minimum absolute atomic E-state index is 0.246. The van der Waals surface area contributed by atoms with Crippen molar-refractivity contribution >= 4 is 11.7 Å². The lowest BCUT2D eigenvalue weighted by Gasteiger charge is -2.13. The van der Waals surface area contributed by atoms with Crippen molar-refractivity contribution < 1.29 is 9.53 Å². The fourth-order valence-electron chi connectivity index (χ4n) is 1.02. The number of ether oxygens (including phenoxy) is 1. The monoisotopic (exact) mass is 194 g/mol. The molecule has 0 aliphatic heterocycles. The van der Waals surface area contributed by atoms with E-state index in [-0.39, 0.29) is 12.0 Å². The first-order chi connectivity index (χ1) is 6.74. The quantitative estimate of drug-likeness (QED) is 0.737. The highest BCUT2D eigenvalue weighted by Crippen LogP contribution is 2.05.